The van der Waals surface area contributed by atoms with E-state index in [0.29, 0.717) is 29.1 Å². The number of rotatable bonds is 8. The Labute approximate surface area is 211 Å². The van der Waals surface area contributed by atoms with Crippen molar-refractivity contribution in [1.82, 2.24) is 20.2 Å². The van der Waals surface area contributed by atoms with E-state index in [0.717, 1.165) is 29.8 Å². The molecule has 0 bridgehead atoms. The number of nitrogens with zero attached hydrogens (tertiary/aromatic N) is 3. The van der Waals surface area contributed by atoms with Crippen molar-refractivity contribution in [2.45, 2.75) is 84.4 Å². The highest BCUT2D eigenvalue weighted by atomic mass is 32.1. The average Bonchev–Trinajstić information content (AvgIpc) is 3.36. The maximum absolute atomic E-state index is 13.5. The third kappa shape index (κ3) is 5.83. The van der Waals surface area contributed by atoms with Crippen LogP contribution in [-0.4, -0.2) is 62.6 Å². The summed E-state index contributed by atoms with van der Waals surface area (Å²) in [5.74, 6) is 0.961. The van der Waals surface area contributed by atoms with Crippen molar-refractivity contribution in [3.05, 3.63) is 28.5 Å². The Morgan fingerprint density at radius 3 is 2.60 bits per heavy atom. The summed E-state index contributed by atoms with van der Waals surface area (Å²) in [5, 5.41) is 16.4. The topological polar surface area (TPSA) is 107 Å². The molecule has 1 saturated heterocycles. The van der Waals surface area contributed by atoms with E-state index in [9.17, 15) is 14.7 Å². The van der Waals surface area contributed by atoms with Crippen LogP contribution in [0.1, 0.15) is 85.7 Å². The zero-order valence-corrected chi connectivity index (χ0v) is 22.2. The zero-order chi connectivity index (χ0) is 25.3. The van der Waals surface area contributed by atoms with Gasteiger partial charge >= 0.3 is 0 Å². The largest absolute Gasteiger partial charge is 0.389 e. The minimum absolute atomic E-state index is 0.0906. The van der Waals surface area contributed by atoms with E-state index in [1.807, 2.05) is 24.8 Å². The summed E-state index contributed by atoms with van der Waals surface area (Å²) in [6.45, 7) is 10.3. The molecule has 8 nitrogen and oxygen atoms in total. The summed E-state index contributed by atoms with van der Waals surface area (Å²) in [4.78, 5) is 38.0. The van der Waals surface area contributed by atoms with Crippen LogP contribution in [0.25, 0.3) is 10.4 Å². The van der Waals surface area contributed by atoms with Crippen LogP contribution in [0, 0.1) is 12.8 Å². The van der Waals surface area contributed by atoms with Crippen LogP contribution >= 0.6 is 11.3 Å². The minimum atomic E-state index is -1.04. The molecule has 3 N–H and O–H groups in total. The standard InChI is InChI=1S/C26H37N5O3S/c1-15-12-20(29-17(3)18-9-6-10-18)27-13-19(15)22-21(25(33)31-11-7-8-16(31)2)30-24(35-22)23(32)28-14-26(4,5)34/h12-13,16-18,34H,6-11,14H2,1-5H3,(H,27,29)(H,28,32)/t16-,17+/m0/s1. The van der Waals surface area contributed by atoms with Gasteiger partial charge in [-0.15, -0.1) is 11.3 Å². The molecule has 1 aliphatic carbocycles. The van der Waals surface area contributed by atoms with Gasteiger partial charge in [-0.25, -0.2) is 9.97 Å². The summed E-state index contributed by atoms with van der Waals surface area (Å²) < 4.78 is 0. The third-order valence-electron chi connectivity index (χ3n) is 7.11. The second-order valence-electron chi connectivity index (χ2n) is 10.7. The summed E-state index contributed by atoms with van der Waals surface area (Å²) >= 11 is 1.20. The van der Waals surface area contributed by atoms with E-state index in [2.05, 4.69) is 27.5 Å². The molecule has 1 aliphatic heterocycles. The summed E-state index contributed by atoms with van der Waals surface area (Å²) in [6, 6.07) is 2.51. The molecule has 0 aromatic carbocycles. The number of aromatic nitrogens is 2. The molecule has 0 unspecified atom stereocenters. The normalized spacial score (nSPS) is 19.4. The maximum atomic E-state index is 13.5. The highest BCUT2D eigenvalue weighted by Gasteiger charge is 2.32. The first-order valence-electron chi connectivity index (χ1n) is 12.6. The smallest absolute Gasteiger partial charge is 0.280 e. The molecule has 2 aliphatic rings. The Kier molecular flexibility index (Phi) is 7.47. The van der Waals surface area contributed by atoms with Crippen LogP contribution < -0.4 is 10.6 Å². The lowest BCUT2D eigenvalue weighted by molar-refractivity contribution is 0.0692. The molecule has 0 spiro atoms. The van der Waals surface area contributed by atoms with E-state index in [-0.39, 0.29) is 23.5 Å². The van der Waals surface area contributed by atoms with Gasteiger partial charge in [0, 0.05) is 36.9 Å². The lowest BCUT2D eigenvalue weighted by atomic mass is 9.80. The van der Waals surface area contributed by atoms with Gasteiger partial charge in [0.05, 0.1) is 10.5 Å². The number of carbonyl (C=O) groups is 2. The molecule has 4 rings (SSSR count). The molecule has 2 fully saturated rings. The van der Waals surface area contributed by atoms with Crippen molar-refractivity contribution in [3.8, 4) is 10.4 Å². The Morgan fingerprint density at radius 1 is 1.29 bits per heavy atom. The molecule has 1 saturated carbocycles. The fraction of sp³-hybridized carbons (Fsp3) is 0.615. The van der Waals surface area contributed by atoms with Crippen molar-refractivity contribution >= 4 is 29.0 Å². The molecule has 3 heterocycles. The fourth-order valence-electron chi connectivity index (χ4n) is 4.65. The molecule has 2 atom stereocenters. The highest BCUT2D eigenvalue weighted by molar-refractivity contribution is 7.17. The van der Waals surface area contributed by atoms with Crippen LogP contribution in [0.15, 0.2) is 12.3 Å². The van der Waals surface area contributed by atoms with E-state index in [1.54, 1.807) is 20.0 Å². The third-order valence-corrected chi connectivity index (χ3v) is 8.19. The first kappa shape index (κ1) is 25.6. The maximum Gasteiger partial charge on any atom is 0.280 e. The van der Waals surface area contributed by atoms with Crippen LogP contribution in [0.5, 0.6) is 0 Å². The predicted octanol–water partition coefficient (Wildman–Crippen LogP) is 4.24. The average molecular weight is 500 g/mol. The molecule has 9 heteroatoms. The second-order valence-corrected chi connectivity index (χ2v) is 11.7. The summed E-state index contributed by atoms with van der Waals surface area (Å²) in [5.41, 5.74) is 1.03. The van der Waals surface area contributed by atoms with Crippen molar-refractivity contribution in [2.24, 2.45) is 5.92 Å². The number of aliphatic hydroxyl groups is 1. The number of aryl methyl sites for hydroxylation is 1. The number of hydrogen-bond acceptors (Lipinski definition) is 7. The van der Waals surface area contributed by atoms with Gasteiger partial charge in [0.1, 0.15) is 11.5 Å². The lowest BCUT2D eigenvalue weighted by Gasteiger charge is -2.32. The van der Waals surface area contributed by atoms with Gasteiger partial charge in [0.25, 0.3) is 11.8 Å². The van der Waals surface area contributed by atoms with E-state index >= 15 is 0 Å². The van der Waals surface area contributed by atoms with Crippen LogP contribution in [0.4, 0.5) is 5.82 Å². The molecule has 2 amide bonds. The number of pyridine rings is 1. The highest BCUT2D eigenvalue weighted by Crippen LogP contribution is 2.36. The monoisotopic (exact) mass is 499 g/mol. The van der Waals surface area contributed by atoms with Gasteiger partial charge in [-0.3, -0.25) is 9.59 Å². The number of amides is 2. The van der Waals surface area contributed by atoms with Crippen molar-refractivity contribution in [2.75, 3.05) is 18.4 Å². The van der Waals surface area contributed by atoms with Gasteiger partial charge < -0.3 is 20.6 Å². The molecule has 2 aromatic heterocycles. The molecule has 2 aromatic rings. The Morgan fingerprint density at radius 2 is 2.03 bits per heavy atom. The Balaban J connectivity index is 1.64. The summed E-state index contributed by atoms with van der Waals surface area (Å²) in [7, 11) is 0. The number of anilines is 1. The van der Waals surface area contributed by atoms with Crippen molar-refractivity contribution in [3.63, 3.8) is 0 Å². The SMILES string of the molecule is Cc1cc(N[C@H](C)C2CCC2)ncc1-c1sc(C(=O)NCC(C)(C)O)nc1C(=O)N1CCC[C@@H]1C. The van der Waals surface area contributed by atoms with Crippen LogP contribution in [0.3, 0.4) is 0 Å². The quantitative estimate of drug-likeness (QED) is 0.502. The van der Waals surface area contributed by atoms with Gasteiger partial charge in [-0.1, -0.05) is 6.42 Å². The number of likely N-dealkylation sites (tertiary alicyclic amines) is 1. The molecule has 35 heavy (non-hydrogen) atoms. The van der Waals surface area contributed by atoms with Crippen LogP contribution in [-0.2, 0) is 0 Å². The Hall–Kier alpha value is -2.52. The van der Waals surface area contributed by atoms with Gasteiger partial charge in [-0.05, 0) is 77.8 Å². The van der Waals surface area contributed by atoms with Crippen LogP contribution in [0.2, 0.25) is 0 Å². The molecular weight excluding hydrogens is 462 g/mol. The minimum Gasteiger partial charge on any atom is -0.389 e. The van der Waals surface area contributed by atoms with Crippen molar-refractivity contribution in [1.29, 1.82) is 0 Å². The van der Waals surface area contributed by atoms with E-state index in [1.165, 1.54) is 30.6 Å². The van der Waals surface area contributed by atoms with E-state index in [4.69, 9.17) is 0 Å². The van der Waals surface area contributed by atoms with Gasteiger partial charge in [-0.2, -0.15) is 0 Å². The molecule has 190 valence electrons. The fourth-order valence-corrected chi connectivity index (χ4v) is 5.70. The number of hydrogen-bond donors (Lipinski definition) is 3. The first-order valence-corrected chi connectivity index (χ1v) is 13.4. The van der Waals surface area contributed by atoms with Crippen molar-refractivity contribution < 1.29 is 14.7 Å². The number of nitrogens with one attached hydrogen (secondary N) is 2. The zero-order valence-electron chi connectivity index (χ0n) is 21.4. The predicted molar refractivity (Wildman–Crippen MR) is 139 cm³/mol. The summed E-state index contributed by atoms with van der Waals surface area (Å²) in [6.07, 6.45) is 7.51. The molecular formula is C26H37N5O3S. The molecule has 0 radical (unpaired) electrons. The first-order chi connectivity index (χ1) is 16.5. The number of carbonyl (C=O) groups excluding carboxylic acids is 2. The van der Waals surface area contributed by atoms with Gasteiger partial charge in [0.15, 0.2) is 5.01 Å². The Bertz CT molecular complexity index is 1090. The number of thiazole rings is 1. The van der Waals surface area contributed by atoms with E-state index < -0.39 is 11.5 Å². The lowest BCUT2D eigenvalue weighted by Crippen LogP contribution is -2.38. The van der Waals surface area contributed by atoms with Gasteiger partial charge in [0.2, 0.25) is 0 Å². The second kappa shape index (κ2) is 10.2.